The molecule has 1 aromatic carbocycles. The van der Waals surface area contributed by atoms with E-state index in [1.807, 2.05) is 6.07 Å². The van der Waals surface area contributed by atoms with Gasteiger partial charge in [0.05, 0.1) is 7.11 Å². The number of benzene rings is 1. The molecule has 0 spiro atoms. The van der Waals surface area contributed by atoms with Gasteiger partial charge in [-0.3, -0.25) is 4.79 Å². The maximum Gasteiger partial charge on any atom is 0.353 e. The van der Waals surface area contributed by atoms with Crippen LogP contribution in [0.5, 0.6) is 11.5 Å². The van der Waals surface area contributed by atoms with E-state index in [-0.39, 0.29) is 23.3 Å². The van der Waals surface area contributed by atoms with Crippen molar-refractivity contribution in [3.63, 3.8) is 0 Å². The normalized spacial score (nSPS) is 14.7. The lowest BCUT2D eigenvalue weighted by molar-refractivity contribution is -0.117. The number of ether oxygens (including phenoxy) is 2. The fraction of sp³-hybridized carbons (Fsp3) is 0.318. The number of nitriles is 1. The van der Waals surface area contributed by atoms with Crippen molar-refractivity contribution in [1.82, 2.24) is 5.32 Å². The molecule has 0 atom stereocenters. The van der Waals surface area contributed by atoms with E-state index in [9.17, 15) is 14.9 Å². The molecule has 0 bridgehead atoms. The Bertz CT molecular complexity index is 938. The molecular weight excluding hydrogens is 388 g/mol. The molecular formula is C22H22N2O4S. The number of thiophene rings is 1. The third-order valence-electron chi connectivity index (χ3n) is 4.73. The summed E-state index contributed by atoms with van der Waals surface area (Å²) in [5, 5.41) is 14.2. The lowest BCUT2D eigenvalue weighted by atomic mass is 9.95. The van der Waals surface area contributed by atoms with Gasteiger partial charge < -0.3 is 14.8 Å². The summed E-state index contributed by atoms with van der Waals surface area (Å²) >= 11 is 1.29. The molecule has 1 fully saturated rings. The minimum absolute atomic E-state index is 0.0287. The molecule has 1 aliphatic carbocycles. The van der Waals surface area contributed by atoms with E-state index in [1.165, 1.54) is 30.9 Å². The van der Waals surface area contributed by atoms with Crippen LogP contribution in [0.1, 0.15) is 47.3 Å². The zero-order chi connectivity index (χ0) is 20.6. The highest BCUT2D eigenvalue weighted by Crippen LogP contribution is 2.30. The molecule has 6 nitrogen and oxygen atoms in total. The largest absolute Gasteiger partial charge is 0.493 e. The standard InChI is InChI=1S/C22H22N2O4S/c1-27-19-13-15(9-10-18(19)28-22(26)20-8-5-11-29-20)12-16(14-23)21(25)24-17-6-3-2-4-7-17/h5,8-13,17H,2-4,6-7H2,1H3,(H,24,25). The van der Waals surface area contributed by atoms with Gasteiger partial charge in [-0.05, 0) is 48.1 Å². The molecule has 0 saturated heterocycles. The van der Waals surface area contributed by atoms with Gasteiger partial charge in [0, 0.05) is 6.04 Å². The van der Waals surface area contributed by atoms with Crippen molar-refractivity contribution >= 4 is 29.3 Å². The van der Waals surface area contributed by atoms with E-state index >= 15 is 0 Å². The number of methoxy groups -OCH3 is 1. The fourth-order valence-corrected chi connectivity index (χ4v) is 3.83. The number of carbonyl (C=O) groups excluding carboxylic acids is 2. The smallest absolute Gasteiger partial charge is 0.353 e. The van der Waals surface area contributed by atoms with Crippen LogP contribution in [0.3, 0.4) is 0 Å². The van der Waals surface area contributed by atoms with Crippen LogP contribution in [0, 0.1) is 11.3 Å². The summed E-state index contributed by atoms with van der Waals surface area (Å²) in [6, 6.07) is 10.4. The van der Waals surface area contributed by atoms with Crippen molar-refractivity contribution in [1.29, 1.82) is 5.26 Å². The number of rotatable bonds is 6. The van der Waals surface area contributed by atoms with Crippen molar-refractivity contribution in [2.45, 2.75) is 38.1 Å². The van der Waals surface area contributed by atoms with Gasteiger partial charge in [0.1, 0.15) is 16.5 Å². The maximum atomic E-state index is 12.4. The Kier molecular flexibility index (Phi) is 7.04. The van der Waals surface area contributed by atoms with Gasteiger partial charge in [0.2, 0.25) is 0 Å². The summed E-state index contributed by atoms with van der Waals surface area (Å²) in [4.78, 5) is 25.1. The molecule has 150 valence electrons. The summed E-state index contributed by atoms with van der Waals surface area (Å²) in [7, 11) is 1.46. The fourth-order valence-electron chi connectivity index (χ4n) is 3.23. The Labute approximate surface area is 173 Å². The SMILES string of the molecule is COc1cc(C=C(C#N)C(=O)NC2CCCCC2)ccc1OC(=O)c1cccs1. The number of amides is 1. The average molecular weight is 410 g/mol. The van der Waals surface area contributed by atoms with Crippen LogP contribution in [-0.4, -0.2) is 25.0 Å². The summed E-state index contributed by atoms with van der Waals surface area (Å²) in [5.74, 6) is -0.223. The summed E-state index contributed by atoms with van der Waals surface area (Å²) in [6.07, 6.45) is 6.78. The highest BCUT2D eigenvalue weighted by molar-refractivity contribution is 7.12. The number of hydrogen-bond acceptors (Lipinski definition) is 6. The minimum atomic E-state index is -0.467. The summed E-state index contributed by atoms with van der Waals surface area (Å²) in [6.45, 7) is 0. The van der Waals surface area contributed by atoms with Gasteiger partial charge in [-0.1, -0.05) is 31.4 Å². The predicted molar refractivity (Wildman–Crippen MR) is 111 cm³/mol. The van der Waals surface area contributed by atoms with Gasteiger partial charge in [-0.25, -0.2) is 4.79 Å². The molecule has 1 heterocycles. The topological polar surface area (TPSA) is 88.4 Å². The average Bonchev–Trinajstić information content (AvgIpc) is 3.28. The van der Waals surface area contributed by atoms with Crippen LogP contribution in [0.25, 0.3) is 6.08 Å². The second-order valence-corrected chi connectivity index (χ2v) is 7.70. The first kappa shape index (κ1) is 20.6. The van der Waals surface area contributed by atoms with E-state index in [0.717, 1.165) is 25.7 Å². The van der Waals surface area contributed by atoms with Crippen molar-refractivity contribution in [3.8, 4) is 17.6 Å². The third-order valence-corrected chi connectivity index (χ3v) is 5.58. The van der Waals surface area contributed by atoms with Crippen molar-refractivity contribution < 1.29 is 19.1 Å². The number of nitrogens with one attached hydrogen (secondary N) is 1. The second-order valence-electron chi connectivity index (χ2n) is 6.76. The van der Waals surface area contributed by atoms with Crippen LogP contribution in [-0.2, 0) is 4.79 Å². The second kappa shape index (κ2) is 9.89. The molecule has 3 rings (SSSR count). The first-order chi connectivity index (χ1) is 14.1. The van der Waals surface area contributed by atoms with E-state index in [0.29, 0.717) is 16.2 Å². The number of hydrogen-bond donors (Lipinski definition) is 1. The molecule has 1 N–H and O–H groups in total. The molecule has 1 amide bonds. The lowest BCUT2D eigenvalue weighted by Crippen LogP contribution is -2.36. The van der Waals surface area contributed by atoms with Crippen molar-refractivity contribution in [2.75, 3.05) is 7.11 Å². The predicted octanol–water partition coefficient (Wildman–Crippen LogP) is 4.33. The highest BCUT2D eigenvalue weighted by atomic mass is 32.1. The first-order valence-corrected chi connectivity index (χ1v) is 10.3. The van der Waals surface area contributed by atoms with E-state index in [2.05, 4.69) is 5.32 Å². The molecule has 7 heteroatoms. The van der Waals surface area contributed by atoms with Gasteiger partial charge >= 0.3 is 5.97 Å². The van der Waals surface area contributed by atoms with E-state index in [1.54, 1.807) is 35.7 Å². The molecule has 1 saturated carbocycles. The van der Waals surface area contributed by atoms with Gasteiger partial charge in [0.15, 0.2) is 11.5 Å². The van der Waals surface area contributed by atoms with Gasteiger partial charge in [-0.2, -0.15) is 5.26 Å². The van der Waals surface area contributed by atoms with Crippen molar-refractivity contribution in [2.24, 2.45) is 0 Å². The zero-order valence-corrected chi connectivity index (χ0v) is 17.0. The molecule has 1 aliphatic rings. The Morgan fingerprint density at radius 3 is 2.66 bits per heavy atom. The number of carbonyl (C=O) groups is 2. The Hall–Kier alpha value is -3.11. The third kappa shape index (κ3) is 5.46. The Morgan fingerprint density at radius 1 is 1.21 bits per heavy atom. The van der Waals surface area contributed by atoms with Crippen LogP contribution in [0.2, 0.25) is 0 Å². The monoisotopic (exact) mass is 410 g/mol. The quantitative estimate of drug-likeness (QED) is 0.331. The highest BCUT2D eigenvalue weighted by Gasteiger charge is 2.19. The molecule has 29 heavy (non-hydrogen) atoms. The lowest BCUT2D eigenvalue weighted by Gasteiger charge is -2.22. The summed E-state index contributed by atoms with van der Waals surface area (Å²) in [5.41, 5.74) is 0.633. The first-order valence-electron chi connectivity index (χ1n) is 9.47. The van der Waals surface area contributed by atoms with Crippen LogP contribution in [0.15, 0.2) is 41.3 Å². The van der Waals surface area contributed by atoms with Crippen LogP contribution in [0.4, 0.5) is 0 Å². The van der Waals surface area contributed by atoms with E-state index < -0.39 is 5.97 Å². The van der Waals surface area contributed by atoms with Crippen molar-refractivity contribution in [3.05, 3.63) is 51.7 Å². The summed E-state index contributed by atoms with van der Waals surface area (Å²) < 4.78 is 10.7. The number of nitrogens with zero attached hydrogens (tertiary/aromatic N) is 1. The van der Waals surface area contributed by atoms with Gasteiger partial charge in [-0.15, -0.1) is 11.3 Å². The van der Waals surface area contributed by atoms with Crippen LogP contribution < -0.4 is 14.8 Å². The molecule has 1 aromatic heterocycles. The Balaban J connectivity index is 1.74. The number of esters is 1. The maximum absolute atomic E-state index is 12.4. The van der Waals surface area contributed by atoms with E-state index in [4.69, 9.17) is 9.47 Å². The molecule has 0 radical (unpaired) electrons. The Morgan fingerprint density at radius 2 is 2.00 bits per heavy atom. The molecule has 0 unspecified atom stereocenters. The minimum Gasteiger partial charge on any atom is -0.493 e. The van der Waals surface area contributed by atoms with Gasteiger partial charge in [0.25, 0.3) is 5.91 Å². The van der Waals surface area contributed by atoms with Crippen LogP contribution >= 0.6 is 11.3 Å². The molecule has 0 aliphatic heterocycles. The molecule has 2 aromatic rings. The zero-order valence-electron chi connectivity index (χ0n) is 16.1.